The van der Waals surface area contributed by atoms with E-state index in [0.717, 1.165) is 25.5 Å². The third-order valence-electron chi connectivity index (χ3n) is 3.97. The topological polar surface area (TPSA) is 28.2 Å². The number of benzene rings is 1. The van der Waals surface area contributed by atoms with Crippen LogP contribution in [0, 0.1) is 0 Å². The Balaban J connectivity index is 1.72. The van der Waals surface area contributed by atoms with Gasteiger partial charge in [0.25, 0.3) is 0 Å². The predicted molar refractivity (Wildman–Crippen MR) is 83.0 cm³/mol. The maximum Gasteiger partial charge on any atom is 0.128 e. The van der Waals surface area contributed by atoms with E-state index in [4.69, 9.17) is 0 Å². The maximum atomic E-state index is 4.53. The zero-order valence-corrected chi connectivity index (χ0v) is 11.9. The highest BCUT2D eigenvalue weighted by molar-refractivity contribution is 5.43. The number of hydrogen-bond donors (Lipinski definition) is 1. The van der Waals surface area contributed by atoms with Crippen LogP contribution in [-0.2, 0) is 6.54 Å². The lowest BCUT2D eigenvalue weighted by molar-refractivity contribution is 0.773. The number of nitrogens with one attached hydrogen (secondary N) is 1. The zero-order valence-electron chi connectivity index (χ0n) is 11.9. The standard InChI is InChI=1S/C17H21N3/c1-18-12-14-7-9-19-17(11-14)20-10-8-16(13-20)15-5-3-2-4-6-15/h2-7,9,11,16,18H,8,10,12-13H2,1H3. The molecule has 1 aliphatic heterocycles. The molecule has 3 nitrogen and oxygen atoms in total. The monoisotopic (exact) mass is 267 g/mol. The number of nitrogens with zero attached hydrogens (tertiary/aromatic N) is 2. The second-order valence-corrected chi connectivity index (χ2v) is 5.39. The van der Waals surface area contributed by atoms with Crippen molar-refractivity contribution in [2.75, 3.05) is 25.0 Å². The Hall–Kier alpha value is -1.87. The normalized spacial score (nSPS) is 18.4. The molecular formula is C17H21N3. The molecule has 1 aromatic heterocycles. The first-order chi connectivity index (χ1) is 9.86. The third-order valence-corrected chi connectivity index (χ3v) is 3.97. The van der Waals surface area contributed by atoms with Crippen molar-refractivity contribution < 1.29 is 0 Å². The number of hydrogen-bond acceptors (Lipinski definition) is 3. The molecule has 1 atom stereocenters. The third kappa shape index (κ3) is 2.83. The van der Waals surface area contributed by atoms with Gasteiger partial charge in [0.15, 0.2) is 0 Å². The lowest BCUT2D eigenvalue weighted by atomic mass is 9.99. The molecule has 0 aliphatic carbocycles. The molecule has 0 amide bonds. The van der Waals surface area contributed by atoms with Crippen molar-refractivity contribution >= 4 is 5.82 Å². The molecule has 1 unspecified atom stereocenters. The molecule has 1 N–H and O–H groups in total. The minimum absolute atomic E-state index is 0.631. The summed E-state index contributed by atoms with van der Waals surface area (Å²) in [6.07, 6.45) is 3.12. The first kappa shape index (κ1) is 13.1. The molecule has 0 bridgehead atoms. The number of aromatic nitrogens is 1. The minimum Gasteiger partial charge on any atom is -0.356 e. The van der Waals surface area contributed by atoms with Crippen LogP contribution < -0.4 is 10.2 Å². The van der Waals surface area contributed by atoms with Crippen LogP contribution >= 0.6 is 0 Å². The van der Waals surface area contributed by atoms with E-state index in [1.807, 2.05) is 13.2 Å². The molecular weight excluding hydrogens is 246 g/mol. The van der Waals surface area contributed by atoms with Crippen LogP contribution in [-0.4, -0.2) is 25.1 Å². The Labute approximate surface area is 120 Å². The molecule has 3 rings (SSSR count). The Morgan fingerprint density at radius 3 is 2.90 bits per heavy atom. The van der Waals surface area contributed by atoms with Crippen molar-refractivity contribution in [3.05, 3.63) is 59.8 Å². The molecule has 104 valence electrons. The van der Waals surface area contributed by atoms with Crippen molar-refractivity contribution in [3.63, 3.8) is 0 Å². The highest BCUT2D eigenvalue weighted by Gasteiger charge is 2.24. The van der Waals surface area contributed by atoms with Gasteiger partial charge in [-0.1, -0.05) is 30.3 Å². The Bertz CT molecular complexity index is 553. The highest BCUT2D eigenvalue weighted by Crippen LogP contribution is 2.29. The van der Waals surface area contributed by atoms with Crippen LogP contribution in [0.1, 0.15) is 23.5 Å². The van der Waals surface area contributed by atoms with Crippen molar-refractivity contribution in [2.45, 2.75) is 18.9 Å². The molecule has 2 heterocycles. The van der Waals surface area contributed by atoms with E-state index < -0.39 is 0 Å². The lowest BCUT2D eigenvalue weighted by Gasteiger charge is -2.18. The molecule has 20 heavy (non-hydrogen) atoms. The fraction of sp³-hybridized carbons (Fsp3) is 0.353. The SMILES string of the molecule is CNCc1ccnc(N2CCC(c3ccccc3)C2)c1. The summed E-state index contributed by atoms with van der Waals surface area (Å²) in [7, 11) is 1.97. The minimum atomic E-state index is 0.631. The maximum absolute atomic E-state index is 4.53. The largest absolute Gasteiger partial charge is 0.356 e. The average Bonchev–Trinajstić information content (AvgIpc) is 2.99. The first-order valence-corrected chi connectivity index (χ1v) is 7.26. The van der Waals surface area contributed by atoms with Gasteiger partial charge < -0.3 is 10.2 Å². The summed E-state index contributed by atoms with van der Waals surface area (Å²) < 4.78 is 0. The predicted octanol–water partition coefficient (Wildman–Crippen LogP) is 2.79. The van der Waals surface area contributed by atoms with Gasteiger partial charge in [-0.3, -0.25) is 0 Å². The summed E-state index contributed by atoms with van der Waals surface area (Å²) in [6, 6.07) is 15.1. The molecule has 1 fully saturated rings. The fourth-order valence-electron chi connectivity index (χ4n) is 2.91. The van der Waals surface area contributed by atoms with Crippen LogP contribution in [0.4, 0.5) is 5.82 Å². The second kappa shape index (κ2) is 6.06. The van der Waals surface area contributed by atoms with E-state index in [1.165, 1.54) is 17.5 Å². The summed E-state index contributed by atoms with van der Waals surface area (Å²) in [5.74, 6) is 1.74. The van der Waals surface area contributed by atoms with Gasteiger partial charge in [0.05, 0.1) is 0 Å². The van der Waals surface area contributed by atoms with Crippen LogP contribution in [0.3, 0.4) is 0 Å². The van der Waals surface area contributed by atoms with Crippen LogP contribution in [0.15, 0.2) is 48.7 Å². The van der Waals surface area contributed by atoms with E-state index >= 15 is 0 Å². The average molecular weight is 267 g/mol. The van der Waals surface area contributed by atoms with Gasteiger partial charge in [-0.25, -0.2) is 4.98 Å². The summed E-state index contributed by atoms with van der Waals surface area (Å²) in [6.45, 7) is 3.06. The summed E-state index contributed by atoms with van der Waals surface area (Å²) in [5, 5.41) is 3.19. The van der Waals surface area contributed by atoms with Crippen LogP contribution in [0.2, 0.25) is 0 Å². The molecule has 1 saturated heterocycles. The first-order valence-electron chi connectivity index (χ1n) is 7.26. The Morgan fingerprint density at radius 1 is 1.25 bits per heavy atom. The molecule has 0 radical (unpaired) electrons. The molecule has 0 saturated carbocycles. The van der Waals surface area contributed by atoms with E-state index in [0.29, 0.717) is 5.92 Å². The second-order valence-electron chi connectivity index (χ2n) is 5.39. The highest BCUT2D eigenvalue weighted by atomic mass is 15.2. The van der Waals surface area contributed by atoms with E-state index in [2.05, 4.69) is 57.7 Å². The Kier molecular flexibility index (Phi) is 3.97. The van der Waals surface area contributed by atoms with Gasteiger partial charge in [-0.15, -0.1) is 0 Å². The number of rotatable bonds is 4. The molecule has 3 heteroatoms. The number of pyridine rings is 1. The van der Waals surface area contributed by atoms with Crippen LogP contribution in [0.5, 0.6) is 0 Å². The summed E-state index contributed by atoms with van der Waals surface area (Å²) in [5.41, 5.74) is 2.74. The summed E-state index contributed by atoms with van der Waals surface area (Å²) in [4.78, 5) is 6.93. The van der Waals surface area contributed by atoms with Crippen molar-refractivity contribution in [3.8, 4) is 0 Å². The van der Waals surface area contributed by atoms with Gasteiger partial charge in [-0.2, -0.15) is 0 Å². The van der Waals surface area contributed by atoms with Crippen molar-refractivity contribution in [1.82, 2.24) is 10.3 Å². The van der Waals surface area contributed by atoms with E-state index in [1.54, 1.807) is 0 Å². The zero-order chi connectivity index (χ0) is 13.8. The Morgan fingerprint density at radius 2 is 2.10 bits per heavy atom. The van der Waals surface area contributed by atoms with E-state index in [9.17, 15) is 0 Å². The molecule has 1 aliphatic rings. The quantitative estimate of drug-likeness (QED) is 0.923. The fourth-order valence-corrected chi connectivity index (χ4v) is 2.91. The van der Waals surface area contributed by atoms with E-state index in [-0.39, 0.29) is 0 Å². The van der Waals surface area contributed by atoms with Crippen molar-refractivity contribution in [2.24, 2.45) is 0 Å². The van der Waals surface area contributed by atoms with Gasteiger partial charge in [-0.05, 0) is 36.7 Å². The van der Waals surface area contributed by atoms with Gasteiger partial charge >= 0.3 is 0 Å². The van der Waals surface area contributed by atoms with Gasteiger partial charge in [0, 0.05) is 31.7 Å². The lowest BCUT2D eigenvalue weighted by Crippen LogP contribution is -2.20. The van der Waals surface area contributed by atoms with Gasteiger partial charge in [0.1, 0.15) is 5.82 Å². The smallest absolute Gasteiger partial charge is 0.128 e. The van der Waals surface area contributed by atoms with Crippen LogP contribution in [0.25, 0.3) is 0 Å². The summed E-state index contributed by atoms with van der Waals surface area (Å²) >= 11 is 0. The molecule has 2 aromatic rings. The number of anilines is 1. The van der Waals surface area contributed by atoms with Gasteiger partial charge in [0.2, 0.25) is 0 Å². The van der Waals surface area contributed by atoms with Crippen molar-refractivity contribution in [1.29, 1.82) is 0 Å². The molecule has 0 spiro atoms. The molecule has 1 aromatic carbocycles.